The van der Waals surface area contributed by atoms with Crippen LogP contribution in [-0.4, -0.2) is 16.0 Å². The monoisotopic (exact) mass is 411 g/mol. The molecule has 4 aromatic rings. The molecule has 3 N–H and O–H groups in total. The van der Waals surface area contributed by atoms with Gasteiger partial charge in [0.2, 0.25) is 5.52 Å². The summed E-state index contributed by atoms with van der Waals surface area (Å²) in [5.41, 5.74) is 6.35. The Balaban J connectivity index is 1.65. The summed E-state index contributed by atoms with van der Waals surface area (Å²) in [6, 6.07) is 14.6. The first-order valence-corrected chi connectivity index (χ1v) is 10.4. The predicted octanol–water partition coefficient (Wildman–Crippen LogP) is 4.60. The third-order valence-corrected chi connectivity index (χ3v) is 6.36. The van der Waals surface area contributed by atoms with E-state index >= 15 is 0 Å². The van der Waals surface area contributed by atoms with Crippen LogP contribution in [-0.2, 0) is 4.79 Å². The summed E-state index contributed by atoms with van der Waals surface area (Å²) < 4.78 is 14.0. The maximum Gasteiger partial charge on any atom is 0.211 e. The highest BCUT2D eigenvalue weighted by atomic mass is 19.1. The third kappa shape index (κ3) is 2.79. The quantitative estimate of drug-likeness (QED) is 0.506. The molecular weight excluding hydrogens is 391 g/mol. The standard InChI is InChI=1S/C25H19FN4O/c26-15-5-1-4-14(12-15)25-17(13-28-30-25)23-22-16-6-3-11-27-18(16)9-10-20(22)29-19-7-2-8-21(31)24(19)23/h1,3-7,9-13,23-24,29H,2,8H2,(H,28,30)/p+1. The molecule has 0 saturated heterocycles. The number of pyridine rings is 1. The lowest BCUT2D eigenvalue weighted by Crippen LogP contribution is -2.35. The molecule has 0 radical (unpaired) electrons. The summed E-state index contributed by atoms with van der Waals surface area (Å²) in [7, 11) is 0. The number of Topliss-reactive ketones (excluding diaryl/α,β-unsaturated/α-hetero) is 1. The molecule has 0 fully saturated rings. The van der Waals surface area contributed by atoms with E-state index in [1.165, 1.54) is 12.1 Å². The molecule has 1 aliphatic carbocycles. The molecule has 152 valence electrons. The molecular formula is C25H20FN4O+. The van der Waals surface area contributed by atoms with Crippen LogP contribution in [0, 0.1) is 11.7 Å². The van der Waals surface area contributed by atoms with Gasteiger partial charge in [-0.3, -0.25) is 9.89 Å². The van der Waals surface area contributed by atoms with Gasteiger partial charge in [-0.2, -0.15) is 5.10 Å². The average molecular weight is 411 g/mol. The van der Waals surface area contributed by atoms with Crippen molar-refractivity contribution in [2.45, 2.75) is 18.8 Å². The largest absolute Gasteiger partial charge is 0.358 e. The van der Waals surface area contributed by atoms with Crippen LogP contribution in [0.25, 0.3) is 22.2 Å². The van der Waals surface area contributed by atoms with E-state index in [9.17, 15) is 9.18 Å². The Kier molecular flexibility index (Phi) is 3.99. The zero-order chi connectivity index (χ0) is 20.9. The van der Waals surface area contributed by atoms with Crippen molar-refractivity contribution in [1.29, 1.82) is 0 Å². The first-order chi connectivity index (χ1) is 15.2. The van der Waals surface area contributed by atoms with Gasteiger partial charge in [0.25, 0.3) is 0 Å². The van der Waals surface area contributed by atoms with Crippen LogP contribution in [0.4, 0.5) is 10.1 Å². The van der Waals surface area contributed by atoms with Gasteiger partial charge in [-0.15, -0.1) is 0 Å². The zero-order valence-electron chi connectivity index (χ0n) is 16.7. The number of H-pyrrole nitrogens is 2. The van der Waals surface area contributed by atoms with Crippen molar-refractivity contribution >= 4 is 22.4 Å². The van der Waals surface area contributed by atoms with Gasteiger partial charge >= 0.3 is 0 Å². The van der Waals surface area contributed by atoms with E-state index in [2.05, 4.69) is 38.7 Å². The molecule has 1 aliphatic heterocycles. The fourth-order valence-electron chi connectivity index (χ4n) is 5.05. The molecule has 2 aromatic heterocycles. The number of anilines is 1. The Bertz CT molecular complexity index is 1370. The molecule has 0 saturated carbocycles. The molecule has 2 atom stereocenters. The minimum atomic E-state index is -0.322. The Morgan fingerprint density at radius 2 is 2.03 bits per heavy atom. The first kappa shape index (κ1) is 18.0. The number of nitrogens with zero attached hydrogens (tertiary/aromatic N) is 1. The van der Waals surface area contributed by atoms with Gasteiger partial charge in [0.05, 0.1) is 23.2 Å². The van der Waals surface area contributed by atoms with Gasteiger partial charge in [0.1, 0.15) is 11.6 Å². The molecule has 6 heteroatoms. The summed E-state index contributed by atoms with van der Waals surface area (Å²) in [5.74, 6) is -0.647. The lowest BCUT2D eigenvalue weighted by molar-refractivity contribution is -0.344. The number of carbonyl (C=O) groups is 1. The van der Waals surface area contributed by atoms with Crippen molar-refractivity contribution < 1.29 is 14.2 Å². The Hall–Kier alpha value is -3.80. The summed E-state index contributed by atoms with van der Waals surface area (Å²) >= 11 is 0. The highest BCUT2D eigenvalue weighted by Gasteiger charge is 2.42. The molecule has 0 bridgehead atoms. The predicted molar refractivity (Wildman–Crippen MR) is 116 cm³/mol. The Morgan fingerprint density at radius 3 is 2.94 bits per heavy atom. The van der Waals surface area contributed by atoms with Crippen molar-refractivity contribution in [3.05, 3.63) is 89.6 Å². The average Bonchev–Trinajstić information content (AvgIpc) is 3.27. The van der Waals surface area contributed by atoms with Gasteiger partial charge in [-0.1, -0.05) is 18.2 Å². The fraction of sp³-hybridized carbons (Fsp3) is 0.160. The van der Waals surface area contributed by atoms with Gasteiger partial charge < -0.3 is 5.32 Å². The van der Waals surface area contributed by atoms with E-state index < -0.39 is 0 Å². The van der Waals surface area contributed by atoms with E-state index in [1.807, 2.05) is 24.4 Å². The maximum atomic E-state index is 14.0. The van der Waals surface area contributed by atoms with Crippen molar-refractivity contribution in [3.8, 4) is 11.3 Å². The van der Waals surface area contributed by atoms with E-state index in [4.69, 9.17) is 0 Å². The second-order valence-electron chi connectivity index (χ2n) is 8.11. The zero-order valence-corrected chi connectivity index (χ0v) is 16.7. The molecule has 2 unspecified atom stereocenters. The van der Waals surface area contributed by atoms with Gasteiger partial charge in [0.15, 0.2) is 6.20 Å². The molecule has 6 rings (SSSR count). The van der Waals surface area contributed by atoms with Crippen LogP contribution in [0.1, 0.15) is 29.9 Å². The van der Waals surface area contributed by atoms with Gasteiger partial charge in [-0.25, -0.2) is 9.37 Å². The van der Waals surface area contributed by atoms with E-state index in [1.54, 1.807) is 12.3 Å². The van der Waals surface area contributed by atoms with Crippen molar-refractivity contribution in [2.75, 3.05) is 5.32 Å². The van der Waals surface area contributed by atoms with E-state index in [0.29, 0.717) is 12.0 Å². The van der Waals surface area contributed by atoms with Crippen LogP contribution in [0.5, 0.6) is 0 Å². The van der Waals surface area contributed by atoms with Gasteiger partial charge in [-0.05, 0) is 36.2 Å². The lowest BCUT2D eigenvalue weighted by atomic mass is 9.70. The number of carbonyl (C=O) groups excluding carboxylic acids is 1. The van der Waals surface area contributed by atoms with Crippen LogP contribution >= 0.6 is 0 Å². The molecule has 2 aliphatic rings. The SMILES string of the molecule is O=C1CCC=C2Nc3ccc4[nH+]cccc4c3C(c3cn[nH]c3-c3cccc(F)c3)C12. The number of aromatic amines is 2. The lowest BCUT2D eigenvalue weighted by Gasteiger charge is -2.38. The molecule has 31 heavy (non-hydrogen) atoms. The number of halogens is 1. The van der Waals surface area contributed by atoms with Crippen molar-refractivity contribution in [1.82, 2.24) is 10.2 Å². The summed E-state index contributed by atoms with van der Waals surface area (Å²) in [5, 5.41) is 11.9. The second-order valence-corrected chi connectivity index (χ2v) is 8.11. The maximum absolute atomic E-state index is 14.0. The normalized spacial score (nSPS) is 20.0. The number of allylic oxidation sites excluding steroid dienone is 2. The van der Waals surface area contributed by atoms with Crippen LogP contribution in [0.3, 0.4) is 0 Å². The molecule has 0 spiro atoms. The molecule has 0 amide bonds. The second kappa shape index (κ2) is 6.87. The number of nitrogens with one attached hydrogen (secondary N) is 3. The number of hydrogen-bond acceptors (Lipinski definition) is 3. The number of ketones is 1. The first-order valence-electron chi connectivity index (χ1n) is 10.4. The van der Waals surface area contributed by atoms with E-state index in [0.717, 1.165) is 45.5 Å². The molecule has 2 aromatic carbocycles. The molecule has 3 heterocycles. The van der Waals surface area contributed by atoms with Gasteiger partial charge in [0, 0.05) is 47.0 Å². The number of hydrogen-bond donors (Lipinski definition) is 2. The number of rotatable bonds is 2. The van der Waals surface area contributed by atoms with Crippen LogP contribution in [0.15, 0.2) is 72.7 Å². The number of fused-ring (bicyclic) bond motifs is 4. The summed E-state index contributed by atoms with van der Waals surface area (Å²) in [6.45, 7) is 0. The minimum absolute atomic E-state index is 0.212. The van der Waals surface area contributed by atoms with E-state index in [-0.39, 0.29) is 23.4 Å². The fourth-order valence-corrected chi connectivity index (χ4v) is 5.05. The highest BCUT2D eigenvalue weighted by Crippen LogP contribution is 2.50. The van der Waals surface area contributed by atoms with Crippen LogP contribution in [0.2, 0.25) is 0 Å². The Labute approximate surface area is 178 Å². The van der Waals surface area contributed by atoms with Crippen LogP contribution < -0.4 is 10.3 Å². The number of benzene rings is 2. The van der Waals surface area contributed by atoms with Crippen molar-refractivity contribution in [2.24, 2.45) is 5.92 Å². The number of aromatic nitrogens is 3. The topological polar surface area (TPSA) is 71.9 Å². The molecule has 5 nitrogen and oxygen atoms in total. The smallest absolute Gasteiger partial charge is 0.211 e. The minimum Gasteiger partial charge on any atom is -0.358 e. The summed E-state index contributed by atoms with van der Waals surface area (Å²) in [6.07, 6.45) is 7.07. The summed E-state index contributed by atoms with van der Waals surface area (Å²) in [4.78, 5) is 16.5. The Morgan fingerprint density at radius 1 is 1.10 bits per heavy atom. The third-order valence-electron chi connectivity index (χ3n) is 6.36. The van der Waals surface area contributed by atoms with Crippen molar-refractivity contribution in [3.63, 3.8) is 0 Å². The highest BCUT2D eigenvalue weighted by molar-refractivity contribution is 5.95.